The van der Waals surface area contributed by atoms with Crippen LogP contribution in [-0.4, -0.2) is 44.4 Å². The first-order valence-electron chi connectivity index (χ1n) is 7.64. The summed E-state index contributed by atoms with van der Waals surface area (Å²) in [6, 6.07) is 6.08. The second-order valence-electron chi connectivity index (χ2n) is 5.59. The highest BCUT2D eigenvalue weighted by Crippen LogP contribution is 2.24. The van der Waals surface area contributed by atoms with Crippen LogP contribution in [0.2, 0.25) is 5.02 Å². The van der Waals surface area contributed by atoms with Gasteiger partial charge in [-0.15, -0.1) is 10.2 Å². The van der Waals surface area contributed by atoms with E-state index in [-0.39, 0.29) is 18.1 Å². The Bertz CT molecular complexity index is 838. The van der Waals surface area contributed by atoms with Crippen molar-refractivity contribution in [3.8, 4) is 5.69 Å². The minimum atomic E-state index is -0.535. The number of hydrogen-bond donors (Lipinski definition) is 3. The van der Waals surface area contributed by atoms with Crippen LogP contribution in [0.3, 0.4) is 0 Å². The third-order valence-electron chi connectivity index (χ3n) is 3.58. The van der Waals surface area contributed by atoms with Gasteiger partial charge in [0.1, 0.15) is 5.82 Å². The van der Waals surface area contributed by atoms with E-state index in [4.69, 9.17) is 17.3 Å². The third-order valence-corrected chi connectivity index (χ3v) is 4.78. The number of nitrogens with two attached hydrogens (primary N) is 1. The Morgan fingerprint density at radius 1 is 1.31 bits per heavy atom. The van der Waals surface area contributed by atoms with Gasteiger partial charge in [0.25, 0.3) is 0 Å². The zero-order valence-corrected chi connectivity index (χ0v) is 15.0. The Hall–Kier alpha value is -2.59. The van der Waals surface area contributed by atoms with Crippen LogP contribution in [0, 0.1) is 0 Å². The summed E-state index contributed by atoms with van der Waals surface area (Å²) in [5, 5.41) is 14.2. The quantitative estimate of drug-likeness (QED) is 0.616. The van der Waals surface area contributed by atoms with Crippen LogP contribution in [0.15, 0.2) is 29.4 Å². The number of amides is 4. The fraction of sp³-hybridized carbons (Fsp3) is 0.267. The highest BCUT2D eigenvalue weighted by atomic mass is 35.5. The molecule has 3 rings (SSSR count). The highest BCUT2D eigenvalue weighted by Gasteiger charge is 2.26. The zero-order chi connectivity index (χ0) is 18.7. The minimum absolute atomic E-state index is 0.0499. The SMILES string of the molecule is NC(=O)CSc1nnc(CC2CC(=O)NC(=O)N2)n1-c1ccc(Cl)cc1. The van der Waals surface area contributed by atoms with Gasteiger partial charge in [-0.25, -0.2) is 4.79 Å². The van der Waals surface area contributed by atoms with E-state index in [0.29, 0.717) is 22.4 Å². The van der Waals surface area contributed by atoms with Gasteiger partial charge in [-0.1, -0.05) is 23.4 Å². The van der Waals surface area contributed by atoms with E-state index < -0.39 is 18.0 Å². The van der Waals surface area contributed by atoms with Gasteiger partial charge in [-0.05, 0) is 24.3 Å². The Kier molecular flexibility index (Phi) is 5.43. The van der Waals surface area contributed by atoms with E-state index in [2.05, 4.69) is 20.8 Å². The van der Waals surface area contributed by atoms with Crippen molar-refractivity contribution in [2.24, 2.45) is 5.73 Å². The predicted molar refractivity (Wildman–Crippen MR) is 95.1 cm³/mol. The van der Waals surface area contributed by atoms with Crippen molar-refractivity contribution in [1.82, 2.24) is 25.4 Å². The summed E-state index contributed by atoms with van der Waals surface area (Å²) >= 11 is 7.10. The molecule has 1 saturated heterocycles. The molecule has 4 N–H and O–H groups in total. The average molecular weight is 395 g/mol. The molecule has 4 amide bonds. The van der Waals surface area contributed by atoms with Crippen LogP contribution in [0.4, 0.5) is 4.79 Å². The van der Waals surface area contributed by atoms with Crippen molar-refractivity contribution in [2.45, 2.75) is 24.0 Å². The molecule has 1 aromatic heterocycles. The predicted octanol–water partition coefficient (Wildman–Crippen LogP) is 0.639. The maximum absolute atomic E-state index is 11.6. The van der Waals surface area contributed by atoms with E-state index in [1.165, 1.54) is 0 Å². The molecule has 9 nitrogen and oxygen atoms in total. The second-order valence-corrected chi connectivity index (χ2v) is 6.97. The standard InChI is InChI=1S/C15H15ClN6O3S/c16-8-1-3-10(4-2-8)22-12(20-21-15(22)26-7-11(17)23)5-9-6-13(24)19-14(25)18-9/h1-4,9H,5-7H2,(H2,17,23)(H2,18,19,24,25). The summed E-state index contributed by atoms with van der Waals surface area (Å²) in [5.41, 5.74) is 5.95. The molecule has 1 aromatic carbocycles. The van der Waals surface area contributed by atoms with Crippen LogP contribution < -0.4 is 16.4 Å². The number of primary amides is 1. The molecule has 2 aromatic rings. The van der Waals surface area contributed by atoms with Crippen molar-refractivity contribution < 1.29 is 14.4 Å². The van der Waals surface area contributed by atoms with Crippen LogP contribution >= 0.6 is 23.4 Å². The lowest BCUT2D eigenvalue weighted by Crippen LogP contribution is -2.53. The van der Waals surface area contributed by atoms with Gasteiger partial charge >= 0.3 is 6.03 Å². The maximum Gasteiger partial charge on any atom is 0.321 e. The van der Waals surface area contributed by atoms with Crippen molar-refractivity contribution in [1.29, 1.82) is 0 Å². The first-order valence-corrected chi connectivity index (χ1v) is 9.00. The van der Waals surface area contributed by atoms with Crippen molar-refractivity contribution in [3.05, 3.63) is 35.1 Å². The molecule has 2 heterocycles. The number of aromatic nitrogens is 3. The Labute approximate surface area is 157 Å². The molecule has 26 heavy (non-hydrogen) atoms. The molecule has 0 aliphatic carbocycles. The molecular weight excluding hydrogens is 380 g/mol. The van der Waals surface area contributed by atoms with Gasteiger partial charge < -0.3 is 11.1 Å². The number of carbonyl (C=O) groups is 3. The van der Waals surface area contributed by atoms with Crippen molar-refractivity contribution in [2.75, 3.05) is 5.75 Å². The van der Waals surface area contributed by atoms with Crippen LogP contribution in [-0.2, 0) is 16.0 Å². The summed E-state index contributed by atoms with van der Waals surface area (Å²) in [7, 11) is 0. The maximum atomic E-state index is 11.6. The molecular formula is C15H15ClN6O3S. The van der Waals surface area contributed by atoms with Gasteiger partial charge in [0.05, 0.1) is 5.75 Å². The van der Waals surface area contributed by atoms with Gasteiger partial charge in [0, 0.05) is 29.6 Å². The fourth-order valence-electron chi connectivity index (χ4n) is 2.53. The number of thioether (sulfide) groups is 1. The number of halogens is 1. The van der Waals surface area contributed by atoms with Crippen LogP contribution in [0.5, 0.6) is 0 Å². The lowest BCUT2D eigenvalue weighted by molar-refractivity contribution is -0.121. The van der Waals surface area contributed by atoms with Gasteiger partial charge in [-0.2, -0.15) is 0 Å². The Morgan fingerprint density at radius 3 is 2.69 bits per heavy atom. The molecule has 136 valence electrons. The van der Waals surface area contributed by atoms with Crippen LogP contribution in [0.1, 0.15) is 12.2 Å². The summed E-state index contributed by atoms with van der Waals surface area (Å²) < 4.78 is 1.75. The molecule has 1 aliphatic heterocycles. The second kappa shape index (κ2) is 7.75. The average Bonchev–Trinajstić information content (AvgIpc) is 2.95. The van der Waals surface area contributed by atoms with E-state index in [9.17, 15) is 14.4 Å². The normalized spacial score (nSPS) is 16.9. The van der Waals surface area contributed by atoms with Crippen molar-refractivity contribution in [3.63, 3.8) is 0 Å². The van der Waals surface area contributed by atoms with Gasteiger partial charge in [-0.3, -0.25) is 19.5 Å². The number of urea groups is 1. The largest absolute Gasteiger partial charge is 0.369 e. The number of hydrogen-bond acceptors (Lipinski definition) is 6. The third kappa shape index (κ3) is 4.33. The van der Waals surface area contributed by atoms with Gasteiger partial charge in [0.15, 0.2) is 5.16 Å². The molecule has 0 radical (unpaired) electrons. The lowest BCUT2D eigenvalue weighted by atomic mass is 10.1. The van der Waals surface area contributed by atoms with E-state index in [0.717, 1.165) is 17.4 Å². The topological polar surface area (TPSA) is 132 Å². The number of carbonyl (C=O) groups excluding carboxylic acids is 3. The van der Waals surface area contributed by atoms with Gasteiger partial charge in [0.2, 0.25) is 11.8 Å². The summed E-state index contributed by atoms with van der Waals surface area (Å²) in [4.78, 5) is 34.2. The van der Waals surface area contributed by atoms with E-state index in [1.54, 1.807) is 28.8 Å². The van der Waals surface area contributed by atoms with Crippen molar-refractivity contribution >= 4 is 41.2 Å². The minimum Gasteiger partial charge on any atom is -0.369 e. The molecule has 11 heteroatoms. The highest BCUT2D eigenvalue weighted by molar-refractivity contribution is 7.99. The monoisotopic (exact) mass is 394 g/mol. The molecule has 1 atom stereocenters. The number of imide groups is 1. The summed E-state index contributed by atoms with van der Waals surface area (Å²) in [6.45, 7) is 0. The smallest absolute Gasteiger partial charge is 0.321 e. The lowest BCUT2D eigenvalue weighted by Gasteiger charge is -2.23. The number of rotatable bonds is 6. The molecule has 0 spiro atoms. The van der Waals surface area contributed by atoms with E-state index in [1.807, 2.05) is 0 Å². The Balaban J connectivity index is 1.91. The molecule has 0 bridgehead atoms. The zero-order valence-electron chi connectivity index (χ0n) is 13.4. The van der Waals surface area contributed by atoms with E-state index >= 15 is 0 Å². The Morgan fingerprint density at radius 2 is 2.04 bits per heavy atom. The molecule has 0 saturated carbocycles. The number of benzene rings is 1. The first-order chi connectivity index (χ1) is 12.4. The molecule has 1 fully saturated rings. The molecule has 1 aliphatic rings. The molecule has 1 unspecified atom stereocenters. The fourth-order valence-corrected chi connectivity index (χ4v) is 3.36. The summed E-state index contributed by atoms with van der Waals surface area (Å²) in [5.74, 6) is -0.230. The number of nitrogens with zero attached hydrogens (tertiary/aromatic N) is 3. The summed E-state index contributed by atoms with van der Waals surface area (Å²) in [6.07, 6.45) is 0.439. The number of nitrogens with one attached hydrogen (secondary N) is 2. The van der Waals surface area contributed by atoms with Crippen LogP contribution in [0.25, 0.3) is 5.69 Å². The first kappa shape index (κ1) is 18.2.